The van der Waals surface area contributed by atoms with E-state index in [9.17, 15) is 18.0 Å². The molecule has 82 valence electrons. The molecule has 0 saturated heterocycles. The number of hydrogen-bond donors (Lipinski definition) is 0. The Morgan fingerprint density at radius 2 is 1.93 bits per heavy atom. The van der Waals surface area contributed by atoms with Gasteiger partial charge in [0, 0.05) is 13.6 Å². The maximum Gasteiger partial charge on any atom is 0.417 e. The first-order valence-electron chi connectivity index (χ1n) is 3.81. The molecule has 0 heterocycles. The summed E-state index contributed by atoms with van der Waals surface area (Å²) in [5, 5.41) is 0. The summed E-state index contributed by atoms with van der Waals surface area (Å²) in [5.41, 5.74) is -0.479. The van der Waals surface area contributed by atoms with E-state index in [-0.39, 0.29) is 19.4 Å². The zero-order valence-electron chi connectivity index (χ0n) is 7.45. The van der Waals surface area contributed by atoms with Gasteiger partial charge < -0.3 is 0 Å². The first kappa shape index (κ1) is 13.0. The van der Waals surface area contributed by atoms with Gasteiger partial charge in [0.05, 0.1) is 5.56 Å². The van der Waals surface area contributed by atoms with Crippen LogP contribution in [0.3, 0.4) is 0 Å². The summed E-state index contributed by atoms with van der Waals surface area (Å²) >= 11 is 4.57. The van der Waals surface area contributed by atoms with E-state index in [1.165, 1.54) is 13.0 Å². The Balaban J connectivity index is 3.41. The normalized spacial score (nSPS) is 11.6. The lowest BCUT2D eigenvalue weighted by atomic mass is 10.1. The van der Waals surface area contributed by atoms with Crippen molar-refractivity contribution in [2.75, 3.05) is 0 Å². The van der Waals surface area contributed by atoms with Gasteiger partial charge in [0.1, 0.15) is 0 Å². The average molecular weight is 393 g/mol. The smallest absolute Gasteiger partial charge is 0.294 e. The van der Waals surface area contributed by atoms with Crippen molar-refractivity contribution in [1.82, 2.24) is 0 Å². The Bertz CT molecular complexity index is 415. The quantitative estimate of drug-likeness (QED) is 0.515. The molecule has 1 rings (SSSR count). The lowest BCUT2D eigenvalue weighted by Crippen LogP contribution is -2.09. The van der Waals surface area contributed by atoms with Gasteiger partial charge in [-0.2, -0.15) is 13.2 Å². The maximum absolute atomic E-state index is 12.4. The number of halogens is 5. The summed E-state index contributed by atoms with van der Waals surface area (Å²) in [6, 6.07) is 2.10. The molecular formula is C9H5BrF3IO. The molecular weight excluding hydrogens is 388 g/mol. The molecule has 0 amide bonds. The zero-order valence-corrected chi connectivity index (χ0v) is 11.2. The van der Waals surface area contributed by atoms with Gasteiger partial charge in [0.25, 0.3) is 0 Å². The van der Waals surface area contributed by atoms with Crippen LogP contribution in [0.25, 0.3) is 0 Å². The number of carbonyl (C=O) groups is 1. The molecule has 0 aliphatic rings. The number of ketones is 1. The molecule has 0 aliphatic heterocycles. The molecule has 0 unspecified atom stereocenters. The molecule has 0 aromatic heterocycles. The van der Waals surface area contributed by atoms with Crippen molar-refractivity contribution in [3.8, 4) is 0 Å². The van der Waals surface area contributed by atoms with Crippen LogP contribution >= 0.6 is 38.5 Å². The van der Waals surface area contributed by atoms with Crippen molar-refractivity contribution in [1.29, 1.82) is 0 Å². The lowest BCUT2D eigenvalue weighted by molar-refractivity contribution is -0.138. The van der Waals surface area contributed by atoms with Crippen LogP contribution in [0.5, 0.6) is 0 Å². The maximum atomic E-state index is 12.4. The standard InChI is InChI=1S/C9H5BrF3IO/c1-4(15)5-2-3-6(9(11,12)13)7(10)8(5)14/h2-3H,1H3. The summed E-state index contributed by atoms with van der Waals surface area (Å²) in [6.45, 7) is 1.32. The van der Waals surface area contributed by atoms with E-state index >= 15 is 0 Å². The van der Waals surface area contributed by atoms with Gasteiger partial charge >= 0.3 is 6.18 Å². The monoisotopic (exact) mass is 392 g/mol. The molecule has 1 aromatic rings. The highest BCUT2D eigenvalue weighted by molar-refractivity contribution is 14.1. The zero-order chi connectivity index (χ0) is 11.8. The van der Waals surface area contributed by atoms with Crippen LogP contribution in [0.1, 0.15) is 22.8 Å². The molecule has 0 N–H and O–H groups in total. The molecule has 0 radical (unpaired) electrons. The molecule has 0 bridgehead atoms. The Morgan fingerprint density at radius 3 is 2.33 bits per heavy atom. The van der Waals surface area contributed by atoms with E-state index in [0.717, 1.165) is 6.07 Å². The fourth-order valence-corrected chi connectivity index (χ4v) is 2.46. The molecule has 1 aromatic carbocycles. The van der Waals surface area contributed by atoms with Gasteiger partial charge in [-0.05, 0) is 57.6 Å². The Morgan fingerprint density at radius 1 is 1.40 bits per heavy atom. The Kier molecular flexibility index (Phi) is 3.80. The number of rotatable bonds is 1. The van der Waals surface area contributed by atoms with Crippen molar-refractivity contribution in [2.45, 2.75) is 13.1 Å². The first-order valence-corrected chi connectivity index (χ1v) is 5.68. The van der Waals surface area contributed by atoms with Crippen LogP contribution in [0.15, 0.2) is 16.6 Å². The summed E-state index contributed by atoms with van der Waals surface area (Å²) < 4.78 is 37.5. The molecule has 6 heteroatoms. The number of carbonyl (C=O) groups excluding carboxylic acids is 1. The molecule has 15 heavy (non-hydrogen) atoms. The number of alkyl halides is 3. The minimum atomic E-state index is -4.41. The van der Waals surface area contributed by atoms with Crippen molar-refractivity contribution in [3.63, 3.8) is 0 Å². The summed E-state index contributed by atoms with van der Waals surface area (Å²) in [4.78, 5) is 11.1. The Hall–Kier alpha value is -0.110. The molecule has 0 aliphatic carbocycles. The third kappa shape index (κ3) is 2.72. The van der Waals surface area contributed by atoms with E-state index in [2.05, 4.69) is 15.9 Å². The predicted molar refractivity (Wildman–Crippen MR) is 61.9 cm³/mol. The van der Waals surface area contributed by atoms with Crippen LogP contribution in [-0.2, 0) is 6.18 Å². The Labute approximate surface area is 106 Å². The highest BCUT2D eigenvalue weighted by Crippen LogP contribution is 2.38. The fourth-order valence-electron chi connectivity index (χ4n) is 1.04. The first-order chi connectivity index (χ1) is 6.75. The second kappa shape index (κ2) is 4.40. The summed E-state index contributed by atoms with van der Waals surface area (Å²) in [7, 11) is 0. The molecule has 0 saturated carbocycles. The summed E-state index contributed by atoms with van der Waals surface area (Å²) in [6.07, 6.45) is -4.41. The minimum absolute atomic E-state index is 0.0803. The average Bonchev–Trinajstić information content (AvgIpc) is 2.06. The predicted octanol–water partition coefficient (Wildman–Crippen LogP) is 4.28. The highest BCUT2D eigenvalue weighted by Gasteiger charge is 2.34. The largest absolute Gasteiger partial charge is 0.417 e. The van der Waals surface area contributed by atoms with Crippen LogP contribution < -0.4 is 0 Å². The second-order valence-electron chi connectivity index (χ2n) is 2.84. The van der Waals surface area contributed by atoms with Gasteiger partial charge in [-0.1, -0.05) is 0 Å². The van der Waals surface area contributed by atoms with Gasteiger partial charge in [0.2, 0.25) is 0 Å². The van der Waals surface area contributed by atoms with Crippen LogP contribution in [0.4, 0.5) is 13.2 Å². The van der Waals surface area contributed by atoms with Gasteiger partial charge in [-0.25, -0.2) is 0 Å². The highest BCUT2D eigenvalue weighted by atomic mass is 127. The van der Waals surface area contributed by atoms with E-state index in [1.54, 1.807) is 22.6 Å². The van der Waals surface area contributed by atoms with Crippen molar-refractivity contribution >= 4 is 44.3 Å². The van der Waals surface area contributed by atoms with Crippen LogP contribution in [0.2, 0.25) is 0 Å². The SMILES string of the molecule is CC(=O)c1ccc(C(F)(F)F)c(Br)c1I. The van der Waals surface area contributed by atoms with E-state index < -0.39 is 11.7 Å². The van der Waals surface area contributed by atoms with Crippen LogP contribution in [0, 0.1) is 3.57 Å². The lowest BCUT2D eigenvalue weighted by Gasteiger charge is -2.11. The number of Topliss-reactive ketones (excluding diaryl/α,β-unsaturated/α-hetero) is 1. The minimum Gasteiger partial charge on any atom is -0.294 e. The number of benzene rings is 1. The van der Waals surface area contributed by atoms with Crippen molar-refractivity contribution < 1.29 is 18.0 Å². The van der Waals surface area contributed by atoms with Crippen LogP contribution in [-0.4, -0.2) is 5.78 Å². The van der Waals surface area contributed by atoms with E-state index in [1.807, 2.05) is 0 Å². The topological polar surface area (TPSA) is 17.1 Å². The molecule has 0 spiro atoms. The van der Waals surface area contributed by atoms with E-state index in [0.29, 0.717) is 0 Å². The number of hydrogen-bond acceptors (Lipinski definition) is 1. The third-order valence-electron chi connectivity index (χ3n) is 1.77. The summed E-state index contributed by atoms with van der Waals surface area (Å²) in [5.74, 6) is -0.256. The van der Waals surface area contributed by atoms with Gasteiger partial charge in [-0.15, -0.1) is 0 Å². The van der Waals surface area contributed by atoms with Gasteiger partial charge in [-0.3, -0.25) is 4.79 Å². The third-order valence-corrected chi connectivity index (χ3v) is 4.45. The van der Waals surface area contributed by atoms with Gasteiger partial charge in [0.15, 0.2) is 5.78 Å². The molecule has 0 atom stereocenters. The fraction of sp³-hybridized carbons (Fsp3) is 0.222. The van der Waals surface area contributed by atoms with Crippen molar-refractivity contribution in [2.24, 2.45) is 0 Å². The molecule has 1 nitrogen and oxygen atoms in total. The van der Waals surface area contributed by atoms with Crippen molar-refractivity contribution in [3.05, 3.63) is 31.3 Å². The van der Waals surface area contributed by atoms with E-state index in [4.69, 9.17) is 0 Å². The molecule has 0 fully saturated rings. The second-order valence-corrected chi connectivity index (χ2v) is 4.71.